The fraction of sp³-hybridized carbons (Fsp3) is 0.153. The Morgan fingerprint density at radius 3 is 0.629 bits per heavy atom. The number of anilines is 8. The van der Waals surface area contributed by atoms with Gasteiger partial charge in [-0.15, -0.1) is 0 Å². The summed E-state index contributed by atoms with van der Waals surface area (Å²) in [5, 5.41) is 126. The van der Waals surface area contributed by atoms with Crippen molar-refractivity contribution in [3.05, 3.63) is 141 Å². The molecule has 0 heterocycles. The summed E-state index contributed by atoms with van der Waals surface area (Å²) < 4.78 is -0.352. The Labute approximate surface area is 855 Å². The molecule has 6 N–H and O–H groups in total. The molecule has 0 spiro atoms. The predicted octanol–water partition coefficient (Wildman–Crippen LogP) is -25.9. The summed E-state index contributed by atoms with van der Waals surface area (Å²) in [6, 6.07) is 20.7. The molecule has 4 amide bonds. The monoisotopic (exact) mass is 2190 g/mol. The summed E-state index contributed by atoms with van der Waals surface area (Å²) in [6.07, 6.45) is -1.16. The van der Waals surface area contributed by atoms with Crippen LogP contribution in [0, 0.1) is 21.4 Å². The number of carboxylic acid groups (broad SMARTS) is 8. The number of rotatable bonds is 32. The van der Waals surface area contributed by atoms with Gasteiger partial charge < -0.3 is 121 Å². The number of nitrogens with one attached hydrogen (secondary N) is 4. The minimum Gasteiger partial charge on any atom is -0.861 e. The van der Waals surface area contributed by atoms with Crippen LogP contribution in [-0.2, 0) is 38.4 Å². The minimum absolute atomic E-state index is 0. The molecule has 0 atom stereocenters. The van der Waals surface area contributed by atoms with Gasteiger partial charge in [-0.05, 0) is 244 Å². The van der Waals surface area contributed by atoms with Crippen molar-refractivity contribution in [2.75, 3.05) is 93.2 Å². The number of nitrogens with zero attached hydrogens (tertiary/aromatic N) is 6. The second kappa shape index (κ2) is 52.1. The summed E-state index contributed by atoms with van der Waals surface area (Å²) in [5.74, 6) is -18.5. The number of carbonyl (C=O) groups excluding carboxylic acids is 10. The maximum Gasteiger partial charge on any atom is 1.00 e. The van der Waals surface area contributed by atoms with E-state index in [1.807, 2.05) is 0 Å². The van der Waals surface area contributed by atoms with Gasteiger partial charge in [0.2, 0.25) is 0 Å². The molecule has 0 bridgehead atoms. The molecule has 0 aliphatic heterocycles. The zero-order valence-corrected chi connectivity index (χ0v) is 85.6. The van der Waals surface area contributed by atoms with Crippen molar-refractivity contribution in [3.63, 3.8) is 0 Å². The van der Waals surface area contributed by atoms with Crippen LogP contribution >= 0.6 is 136 Å². The predicted molar refractivity (Wildman–Crippen MR) is 380 cm³/mol. The molecule has 0 saturated carbocycles. The van der Waals surface area contributed by atoms with Gasteiger partial charge in [0.05, 0.1) is 123 Å². The molecule has 105 heavy (non-hydrogen) atoms. The first kappa shape index (κ1) is 109. The molecule has 32 nitrogen and oxygen atoms in total. The second-order valence-electron chi connectivity index (χ2n) is 19.7. The van der Waals surface area contributed by atoms with Crippen molar-refractivity contribution in [1.82, 2.24) is 0 Å². The first-order chi connectivity index (χ1) is 45.6. The average Bonchev–Trinajstić information content (AvgIpc) is 0.769. The van der Waals surface area contributed by atoms with Gasteiger partial charge in [-0.1, -0.05) is 0 Å². The van der Waals surface area contributed by atoms with Crippen molar-refractivity contribution in [1.29, 1.82) is 0 Å². The summed E-state index contributed by atoms with van der Waals surface area (Å²) in [5.41, 5.74) is -1.18. The summed E-state index contributed by atoms with van der Waals surface area (Å²) >= 11 is 10.1. The van der Waals surface area contributed by atoms with Crippen LogP contribution in [-0.4, -0.2) is 146 Å². The van der Waals surface area contributed by atoms with Gasteiger partial charge in [0, 0.05) is 59.1 Å². The van der Waals surface area contributed by atoms with E-state index in [2.05, 4.69) is 31.3 Å². The van der Waals surface area contributed by atoms with E-state index in [1.54, 1.807) is 136 Å². The van der Waals surface area contributed by atoms with Gasteiger partial charge in [-0.3, -0.25) is 38.8 Å². The van der Waals surface area contributed by atoms with Crippen LogP contribution in [0.15, 0.2) is 107 Å². The molecule has 6 rings (SSSR count). The number of hydrogen-bond donors (Lipinski definition) is 6. The third-order valence-corrected chi connectivity index (χ3v) is 19.2. The summed E-state index contributed by atoms with van der Waals surface area (Å²) in [7, 11) is 0. The third kappa shape index (κ3) is 33.1. The van der Waals surface area contributed by atoms with Gasteiger partial charge >= 0.3 is 248 Å². The average molecular weight is 2190 g/mol. The molecular weight excluding hydrogens is 2150 g/mol. The van der Waals surface area contributed by atoms with Crippen molar-refractivity contribution < 1.29 is 345 Å². The van der Waals surface area contributed by atoms with Crippen LogP contribution < -0.4 is 318 Å². The van der Waals surface area contributed by atoms with Gasteiger partial charge in [0.25, 0.3) is 23.6 Å². The number of benzene rings is 6. The number of amides is 4. The fourth-order valence-corrected chi connectivity index (χ4v) is 17.5. The maximum absolute atomic E-state index is 14.5. The number of aliphatic carboxylic acids is 8. The number of aliphatic imine (C=N–C) groups is 2. The molecular formula is C59H40I6N10Na8O22. The summed E-state index contributed by atoms with van der Waals surface area (Å²) in [6.45, 7) is -6.48. The molecule has 0 unspecified atom stereocenters. The van der Waals surface area contributed by atoms with Crippen LogP contribution in [0.2, 0.25) is 0 Å². The number of hydrogen-bond acceptors (Lipinski definition) is 26. The smallest absolute Gasteiger partial charge is 0.861 e. The Kier molecular flexibility index (Phi) is 53.9. The molecule has 46 heteroatoms. The molecule has 0 radical (unpaired) electrons. The molecule has 0 aromatic heterocycles. The van der Waals surface area contributed by atoms with Crippen LogP contribution in [0.1, 0.15) is 47.9 Å². The number of carboxylic acids is 8. The quantitative estimate of drug-likeness (QED) is 0.00988. The van der Waals surface area contributed by atoms with E-state index in [0.29, 0.717) is 0 Å². The molecule has 6 aromatic carbocycles. The largest absolute Gasteiger partial charge is 1.00 e. The second-order valence-corrected chi connectivity index (χ2v) is 26.2. The van der Waals surface area contributed by atoms with E-state index >= 15 is 0 Å². The normalized spacial score (nSPS) is 10.3. The van der Waals surface area contributed by atoms with E-state index in [4.69, 9.17) is 0 Å². The van der Waals surface area contributed by atoms with Gasteiger partial charge in [0.15, 0.2) is 0 Å². The van der Waals surface area contributed by atoms with E-state index in [1.165, 1.54) is 97.1 Å². The minimum atomic E-state index is -1.61. The van der Waals surface area contributed by atoms with E-state index in [-0.39, 0.29) is 337 Å². The zero-order chi connectivity index (χ0) is 71.9. The van der Waals surface area contributed by atoms with E-state index in [0.717, 1.165) is 19.6 Å². The Morgan fingerprint density at radius 2 is 0.467 bits per heavy atom. The number of halogens is 6. The molecule has 0 aliphatic rings. The summed E-state index contributed by atoms with van der Waals surface area (Å²) in [4.78, 5) is 162. The topological polar surface area (TPSA) is 516 Å². The maximum atomic E-state index is 14.5. The third-order valence-electron chi connectivity index (χ3n) is 12.8. The van der Waals surface area contributed by atoms with Crippen molar-refractivity contribution in [2.45, 2.75) is 6.42 Å². The van der Waals surface area contributed by atoms with Crippen molar-refractivity contribution in [2.24, 2.45) is 9.98 Å². The SMILES string of the molecule is O=C([O-])CN(CC(=O)[O-])c1ccc(NC(=O)c2c(I)c(N=C([O-])CC([O-])=Nc3c(I)c(C(=O)Nc4ccc(N(CC(=O)[O-])CC(=O)[O-])cc4)c(I)c(C(=O)Nc4ccc(N(CC(=O)O)CC(=O)O)cc4)c3I)c(I)c(C(=O)Nc3ccc(N(CC(=O)[O-])CC(=O)[O-])cc3)c2I)cc1.[Na+].[Na+].[Na+].[Na+].[Na+].[Na+].[Na+].[Na+]. The van der Waals surface area contributed by atoms with Gasteiger partial charge in [-0.25, -0.2) is 0 Å². The van der Waals surface area contributed by atoms with Crippen LogP contribution in [0.3, 0.4) is 0 Å². The van der Waals surface area contributed by atoms with E-state index in [9.17, 15) is 109 Å². The van der Waals surface area contributed by atoms with Gasteiger partial charge in [0.1, 0.15) is 13.1 Å². The van der Waals surface area contributed by atoms with E-state index < -0.39 is 142 Å². The first-order valence-electron chi connectivity index (χ1n) is 26.8. The molecule has 0 saturated heterocycles. The first-order valence-corrected chi connectivity index (χ1v) is 33.3. The molecule has 0 aliphatic carbocycles. The Morgan fingerprint density at radius 1 is 0.295 bits per heavy atom. The fourth-order valence-electron chi connectivity index (χ4n) is 8.77. The standard InChI is InChI=1S/C59H48I6N10O22.8Na/c60-48-44(56(94)66-26-1-9-30(10-2-26)72(18-36(78)79)19-37(80)81)50(62)54(51(63)45(48)57(95)67-27-3-11-31(12-4-27)73(20-38(82)83)21-39(84)85)70-34(76)17-35(77)71-55-52(64)46(58(96)68-28-5-13-32(14-6-28)74(22-40(86)87)23-41(88)89)49(61)47(53(55)65)59(97)69-29-7-15-33(16-8-29)75(24-42(90)91)25-43(92)93;;;;;;;;/h1-16H,17-25H2,(H,66,94)(H,67,95)(H,68,96)(H,69,97)(H,70,76)(H,71,77)(H,78,79)(H,80,81)(H,82,83)(H,84,85)(H,86,87)(H,88,89)(H,90,91)(H,92,93);;;;;;;;/q;8*+1/p-8. The van der Waals surface area contributed by atoms with Crippen LogP contribution in [0.25, 0.3) is 0 Å². The Balaban J connectivity index is -0.0000130. The van der Waals surface area contributed by atoms with Crippen molar-refractivity contribution in [3.8, 4) is 0 Å². The van der Waals surface area contributed by atoms with Crippen LogP contribution in [0.4, 0.5) is 56.9 Å². The van der Waals surface area contributed by atoms with Gasteiger partial charge in [-0.2, -0.15) is 0 Å². The molecule has 0 fully saturated rings. The molecule has 508 valence electrons. The molecule has 6 aromatic rings. The number of carbonyl (C=O) groups is 12. The van der Waals surface area contributed by atoms with Crippen LogP contribution in [0.5, 0.6) is 0 Å². The Bertz CT molecular complexity index is 3690. The van der Waals surface area contributed by atoms with Crippen molar-refractivity contribution >= 4 is 276 Å². The zero-order valence-electron chi connectivity index (χ0n) is 56.6. The Hall–Kier alpha value is -0.520.